The topological polar surface area (TPSA) is 90.0 Å². The van der Waals surface area contributed by atoms with Crippen LogP contribution in [0.2, 0.25) is 0 Å². The molecule has 8 nitrogen and oxygen atoms in total. The number of hydrogen-bond donors (Lipinski definition) is 1. The zero-order valence-electron chi connectivity index (χ0n) is 21.5. The predicted molar refractivity (Wildman–Crippen MR) is 146 cm³/mol. The van der Waals surface area contributed by atoms with Crippen LogP contribution in [-0.4, -0.2) is 42.8 Å². The molecule has 4 aliphatic heterocycles. The minimum Gasteiger partial charge on any atom is -0.310 e. The number of carbonyl (C=O) groups is 4. The van der Waals surface area contributed by atoms with Gasteiger partial charge in [-0.05, 0) is 42.7 Å². The molecule has 4 atom stereocenters. The van der Waals surface area contributed by atoms with Crippen LogP contribution in [0.25, 0.3) is 0 Å². The Morgan fingerprint density at radius 1 is 0.897 bits per heavy atom. The first-order chi connectivity index (χ1) is 19.0. The van der Waals surface area contributed by atoms with Crippen molar-refractivity contribution in [3.05, 3.63) is 90.0 Å². The van der Waals surface area contributed by atoms with E-state index in [9.17, 15) is 19.2 Å². The second-order valence-electron chi connectivity index (χ2n) is 10.7. The van der Waals surface area contributed by atoms with Gasteiger partial charge in [0.05, 0.1) is 17.5 Å². The lowest BCUT2D eigenvalue weighted by Crippen LogP contribution is -2.56. The van der Waals surface area contributed by atoms with Crippen molar-refractivity contribution in [3.63, 3.8) is 0 Å². The highest BCUT2D eigenvalue weighted by atomic mass is 16.2. The Morgan fingerprint density at radius 2 is 1.59 bits per heavy atom. The van der Waals surface area contributed by atoms with Gasteiger partial charge in [-0.25, -0.2) is 4.90 Å². The summed E-state index contributed by atoms with van der Waals surface area (Å²) in [7, 11) is 0. The van der Waals surface area contributed by atoms with Crippen molar-refractivity contribution in [2.75, 3.05) is 27.8 Å². The van der Waals surface area contributed by atoms with Gasteiger partial charge in [0, 0.05) is 29.5 Å². The monoisotopic (exact) mass is 520 g/mol. The summed E-state index contributed by atoms with van der Waals surface area (Å²) in [6.45, 7) is 2.37. The third kappa shape index (κ3) is 3.15. The summed E-state index contributed by atoms with van der Waals surface area (Å²) in [6.07, 6.45) is 1.34. The average Bonchev–Trinajstić information content (AvgIpc) is 3.68. The number of nitrogens with one attached hydrogen (secondary N) is 1. The highest BCUT2D eigenvalue weighted by Crippen LogP contribution is 2.55. The molecule has 8 heteroatoms. The minimum atomic E-state index is -1.42. The van der Waals surface area contributed by atoms with Crippen molar-refractivity contribution in [1.82, 2.24) is 5.32 Å². The molecule has 7 rings (SSSR count). The number of amides is 4. The van der Waals surface area contributed by atoms with Crippen molar-refractivity contribution >= 4 is 40.7 Å². The molecule has 2 fully saturated rings. The molecule has 1 spiro atoms. The van der Waals surface area contributed by atoms with Crippen LogP contribution in [0.1, 0.15) is 24.5 Å². The highest BCUT2D eigenvalue weighted by Gasteiger charge is 2.71. The van der Waals surface area contributed by atoms with Gasteiger partial charge in [0.1, 0.15) is 12.1 Å². The summed E-state index contributed by atoms with van der Waals surface area (Å²) in [5.41, 5.74) is 2.32. The Labute approximate surface area is 226 Å². The normalized spacial score (nSPS) is 26.9. The molecule has 3 aromatic carbocycles. The second-order valence-corrected chi connectivity index (χ2v) is 10.7. The first kappa shape index (κ1) is 23.8. The third-order valence-corrected chi connectivity index (χ3v) is 8.80. The Bertz CT molecular complexity index is 1540. The lowest BCUT2D eigenvalue weighted by Gasteiger charge is -2.30. The number of carbonyl (C=O) groups excluding carboxylic acids is 4. The Morgan fingerprint density at radius 3 is 2.36 bits per heavy atom. The van der Waals surface area contributed by atoms with E-state index in [1.54, 1.807) is 29.2 Å². The highest BCUT2D eigenvalue weighted by molar-refractivity contribution is 6.26. The molecule has 2 saturated heterocycles. The molecule has 4 heterocycles. The molecule has 0 saturated carbocycles. The van der Waals surface area contributed by atoms with Crippen LogP contribution >= 0.6 is 0 Å². The van der Waals surface area contributed by atoms with E-state index >= 15 is 0 Å². The number of anilines is 3. The fraction of sp³-hybridized carbons (Fsp3) is 0.290. The second kappa shape index (κ2) is 8.61. The van der Waals surface area contributed by atoms with Gasteiger partial charge in [-0.2, -0.15) is 0 Å². The van der Waals surface area contributed by atoms with Crippen molar-refractivity contribution in [3.8, 4) is 0 Å². The molecule has 0 aliphatic carbocycles. The summed E-state index contributed by atoms with van der Waals surface area (Å²) < 4.78 is 0. The summed E-state index contributed by atoms with van der Waals surface area (Å²) in [4.78, 5) is 60.4. The number of hydrogen-bond acceptors (Lipinski definition) is 5. The zero-order valence-corrected chi connectivity index (χ0v) is 21.5. The van der Waals surface area contributed by atoms with Crippen LogP contribution in [0.4, 0.5) is 17.1 Å². The van der Waals surface area contributed by atoms with E-state index in [-0.39, 0.29) is 36.2 Å². The molecule has 0 bridgehead atoms. The molecule has 196 valence electrons. The van der Waals surface area contributed by atoms with Gasteiger partial charge in [-0.15, -0.1) is 0 Å². The van der Waals surface area contributed by atoms with E-state index in [0.717, 1.165) is 17.7 Å². The van der Waals surface area contributed by atoms with Gasteiger partial charge in [0.25, 0.3) is 5.91 Å². The van der Waals surface area contributed by atoms with Crippen LogP contribution < -0.4 is 20.0 Å². The number of nitrogens with zero attached hydrogens (tertiary/aromatic N) is 3. The Hall–Kier alpha value is -4.30. The van der Waals surface area contributed by atoms with Gasteiger partial charge < -0.3 is 9.80 Å². The largest absolute Gasteiger partial charge is 0.310 e. The average molecular weight is 521 g/mol. The number of para-hydroxylation sites is 3. The molecule has 4 amide bonds. The van der Waals surface area contributed by atoms with E-state index in [2.05, 4.69) is 5.32 Å². The van der Waals surface area contributed by atoms with E-state index in [1.807, 2.05) is 61.5 Å². The van der Waals surface area contributed by atoms with Gasteiger partial charge in [0.15, 0.2) is 0 Å². The van der Waals surface area contributed by atoms with Crippen LogP contribution in [0.5, 0.6) is 0 Å². The molecule has 0 unspecified atom stereocenters. The van der Waals surface area contributed by atoms with Gasteiger partial charge in [0.2, 0.25) is 17.7 Å². The SMILES string of the molecule is CC[C@H]1N[C@]2(C(=O)N(CC(=O)N3CCc4ccccc43)c3ccccc32)[C@@H]2C(=O)N(c3ccccc3)C(=O)[C@H]21. The van der Waals surface area contributed by atoms with Crippen LogP contribution in [0.15, 0.2) is 78.9 Å². The third-order valence-electron chi connectivity index (χ3n) is 8.80. The molecule has 1 N–H and O–H groups in total. The first-order valence-corrected chi connectivity index (χ1v) is 13.5. The van der Waals surface area contributed by atoms with Crippen molar-refractivity contribution in [1.29, 1.82) is 0 Å². The van der Waals surface area contributed by atoms with E-state index in [1.165, 1.54) is 9.80 Å². The lowest BCUT2D eigenvalue weighted by atomic mass is 9.76. The fourth-order valence-electron chi connectivity index (χ4n) is 7.11. The van der Waals surface area contributed by atoms with E-state index in [4.69, 9.17) is 0 Å². The summed E-state index contributed by atoms with van der Waals surface area (Å²) in [5.74, 6) is -2.80. The first-order valence-electron chi connectivity index (χ1n) is 13.5. The zero-order chi connectivity index (χ0) is 26.9. The van der Waals surface area contributed by atoms with Crippen molar-refractivity contribution in [2.24, 2.45) is 11.8 Å². The predicted octanol–water partition coefficient (Wildman–Crippen LogP) is 3.01. The Balaban J connectivity index is 1.29. The maximum absolute atomic E-state index is 14.5. The van der Waals surface area contributed by atoms with Gasteiger partial charge in [-0.1, -0.05) is 61.5 Å². The molecule has 0 radical (unpaired) electrons. The summed E-state index contributed by atoms with van der Waals surface area (Å²) >= 11 is 0. The molecule has 39 heavy (non-hydrogen) atoms. The van der Waals surface area contributed by atoms with E-state index in [0.29, 0.717) is 29.9 Å². The van der Waals surface area contributed by atoms with Crippen molar-refractivity contribution < 1.29 is 19.2 Å². The summed E-state index contributed by atoms with van der Waals surface area (Å²) in [6, 6.07) is 23.7. The van der Waals surface area contributed by atoms with Crippen LogP contribution in [0, 0.1) is 11.8 Å². The van der Waals surface area contributed by atoms with Crippen LogP contribution in [-0.2, 0) is 31.1 Å². The maximum atomic E-state index is 14.5. The molecule has 0 aromatic heterocycles. The minimum absolute atomic E-state index is 0.147. The number of imide groups is 1. The molecular formula is C31H28N4O4. The smallest absolute Gasteiger partial charge is 0.253 e. The standard InChI is InChI=1S/C31H28N4O4/c1-2-22-26-27(29(38)35(28(26)37)20-11-4-3-5-12-20)31(32-22)21-13-7-9-15-24(21)34(30(31)39)18-25(36)33-17-16-19-10-6-8-14-23(19)33/h3-15,22,26-27,32H,2,16-18H2,1H3/t22-,26+,27+,31+/m1/s1. The Kier molecular flexibility index (Phi) is 5.25. The van der Waals surface area contributed by atoms with Crippen molar-refractivity contribution in [2.45, 2.75) is 31.3 Å². The van der Waals surface area contributed by atoms with Gasteiger partial charge in [-0.3, -0.25) is 24.5 Å². The molecule has 4 aliphatic rings. The number of benzene rings is 3. The maximum Gasteiger partial charge on any atom is 0.253 e. The number of rotatable bonds is 4. The van der Waals surface area contributed by atoms with E-state index < -0.39 is 17.4 Å². The summed E-state index contributed by atoms with van der Waals surface area (Å²) in [5, 5.41) is 3.46. The quantitative estimate of drug-likeness (QED) is 0.535. The molecule has 3 aromatic rings. The molecular weight excluding hydrogens is 492 g/mol. The fourth-order valence-corrected chi connectivity index (χ4v) is 7.11. The lowest BCUT2D eigenvalue weighted by molar-refractivity contribution is -0.132. The number of fused-ring (bicyclic) bond motifs is 5. The van der Waals surface area contributed by atoms with Gasteiger partial charge >= 0.3 is 0 Å². The van der Waals surface area contributed by atoms with Crippen LogP contribution in [0.3, 0.4) is 0 Å².